The van der Waals surface area contributed by atoms with E-state index in [0.717, 1.165) is 44.9 Å². The Kier molecular flexibility index (Phi) is 50.2. The Hall–Kier alpha value is -1.54. The molecular weight excluding hydrogens is 806 g/mol. The lowest BCUT2D eigenvalue weighted by Gasteiger charge is -2.20. The number of allylic oxidation sites excluding steroid dienone is 8. The van der Waals surface area contributed by atoms with E-state index < -0.39 is 13.9 Å². The maximum atomic E-state index is 12.7. The third kappa shape index (κ3) is 51.3. The lowest BCUT2D eigenvalue weighted by Crippen LogP contribution is -2.28. The first kappa shape index (κ1) is 61.5. The SMILES string of the molecule is CCCCCCC/C=C\C/C=C\C/C=C\CCCCCCCCCCCCC(=O)OC(COCCCCCCCCCC/C=C\CCCCCCCCC)COP(=O)(O)OCCN. The van der Waals surface area contributed by atoms with Crippen molar-refractivity contribution in [2.24, 2.45) is 5.73 Å². The highest BCUT2D eigenvalue weighted by Crippen LogP contribution is 2.43. The molecule has 0 heterocycles. The lowest BCUT2D eigenvalue weighted by molar-refractivity contribution is -0.154. The van der Waals surface area contributed by atoms with Gasteiger partial charge in [0.25, 0.3) is 0 Å². The molecule has 0 bridgehead atoms. The third-order valence-electron chi connectivity index (χ3n) is 11.5. The number of phosphoric ester groups is 1. The number of carbonyl (C=O) groups is 1. The summed E-state index contributed by atoms with van der Waals surface area (Å²) in [4.78, 5) is 22.6. The Morgan fingerprint density at radius 3 is 1.27 bits per heavy atom. The van der Waals surface area contributed by atoms with Crippen LogP contribution in [-0.4, -0.2) is 49.9 Å². The molecule has 0 radical (unpaired) electrons. The first-order chi connectivity index (χ1) is 30.9. The average Bonchev–Trinajstić information content (AvgIpc) is 3.28. The summed E-state index contributed by atoms with van der Waals surface area (Å²) in [6, 6.07) is 0. The topological polar surface area (TPSA) is 117 Å². The van der Waals surface area contributed by atoms with Crippen molar-refractivity contribution in [2.45, 2.75) is 258 Å². The molecule has 0 aliphatic heterocycles. The van der Waals surface area contributed by atoms with Gasteiger partial charge in [0.1, 0.15) is 6.10 Å². The molecule has 0 aliphatic carbocycles. The van der Waals surface area contributed by atoms with Gasteiger partial charge >= 0.3 is 13.8 Å². The summed E-state index contributed by atoms with van der Waals surface area (Å²) in [5.74, 6) is -0.333. The molecule has 0 aromatic heterocycles. The van der Waals surface area contributed by atoms with Gasteiger partial charge in [-0.2, -0.15) is 0 Å². The van der Waals surface area contributed by atoms with E-state index in [9.17, 15) is 14.3 Å². The van der Waals surface area contributed by atoms with Crippen LogP contribution in [0, 0.1) is 0 Å². The van der Waals surface area contributed by atoms with Crippen molar-refractivity contribution < 1.29 is 32.8 Å². The lowest BCUT2D eigenvalue weighted by atomic mass is 10.0. The summed E-state index contributed by atoms with van der Waals surface area (Å²) in [5.41, 5.74) is 5.39. The van der Waals surface area contributed by atoms with Crippen molar-refractivity contribution in [3.05, 3.63) is 48.6 Å². The van der Waals surface area contributed by atoms with E-state index in [1.807, 2.05) is 0 Å². The zero-order chi connectivity index (χ0) is 45.8. The molecule has 2 unspecified atom stereocenters. The van der Waals surface area contributed by atoms with Crippen LogP contribution in [0.15, 0.2) is 48.6 Å². The van der Waals surface area contributed by atoms with Crippen LogP contribution in [0.2, 0.25) is 0 Å². The van der Waals surface area contributed by atoms with Gasteiger partial charge in [-0.25, -0.2) is 4.57 Å². The van der Waals surface area contributed by atoms with E-state index in [1.54, 1.807) is 0 Å². The number of unbranched alkanes of at least 4 members (excludes halogenated alkanes) is 30. The molecule has 0 amide bonds. The van der Waals surface area contributed by atoms with Crippen molar-refractivity contribution in [1.82, 2.24) is 0 Å². The molecule has 0 aromatic carbocycles. The van der Waals surface area contributed by atoms with Crippen LogP contribution in [0.25, 0.3) is 0 Å². The van der Waals surface area contributed by atoms with Gasteiger partial charge in [0.2, 0.25) is 0 Å². The number of ether oxygens (including phenoxy) is 2. The highest BCUT2D eigenvalue weighted by atomic mass is 31.2. The van der Waals surface area contributed by atoms with E-state index in [2.05, 4.69) is 62.5 Å². The van der Waals surface area contributed by atoms with Crippen LogP contribution in [-0.2, 0) is 27.9 Å². The Morgan fingerprint density at radius 2 is 0.841 bits per heavy atom. The molecular formula is C54H102NO7P. The maximum absolute atomic E-state index is 12.7. The highest BCUT2D eigenvalue weighted by Gasteiger charge is 2.25. The van der Waals surface area contributed by atoms with Crippen molar-refractivity contribution in [3.8, 4) is 0 Å². The van der Waals surface area contributed by atoms with E-state index in [0.29, 0.717) is 13.0 Å². The van der Waals surface area contributed by atoms with Crippen LogP contribution in [0.1, 0.15) is 251 Å². The molecule has 0 rings (SSSR count). The van der Waals surface area contributed by atoms with E-state index in [4.69, 9.17) is 24.3 Å². The Morgan fingerprint density at radius 1 is 0.476 bits per heavy atom. The van der Waals surface area contributed by atoms with Gasteiger partial charge in [-0.05, 0) is 77.0 Å². The molecule has 0 spiro atoms. The molecule has 63 heavy (non-hydrogen) atoms. The number of phosphoric acid groups is 1. The smallest absolute Gasteiger partial charge is 0.457 e. The molecule has 0 fully saturated rings. The van der Waals surface area contributed by atoms with Gasteiger partial charge in [-0.3, -0.25) is 13.8 Å². The fourth-order valence-corrected chi connectivity index (χ4v) is 8.29. The Balaban J connectivity index is 3.94. The number of rotatable bonds is 51. The molecule has 370 valence electrons. The summed E-state index contributed by atoms with van der Waals surface area (Å²) in [6.07, 6.45) is 62.9. The first-order valence-corrected chi connectivity index (χ1v) is 28.1. The van der Waals surface area contributed by atoms with Gasteiger partial charge in [0, 0.05) is 19.6 Å². The minimum absolute atomic E-state index is 0.0974. The maximum Gasteiger partial charge on any atom is 0.472 e. The van der Waals surface area contributed by atoms with E-state index in [-0.39, 0.29) is 32.3 Å². The van der Waals surface area contributed by atoms with E-state index >= 15 is 0 Å². The summed E-state index contributed by atoms with van der Waals surface area (Å²) >= 11 is 0. The van der Waals surface area contributed by atoms with Crippen molar-refractivity contribution in [1.29, 1.82) is 0 Å². The van der Waals surface area contributed by atoms with Crippen molar-refractivity contribution >= 4 is 13.8 Å². The fraction of sp³-hybridized carbons (Fsp3) is 0.833. The van der Waals surface area contributed by atoms with E-state index in [1.165, 1.54) is 186 Å². The van der Waals surface area contributed by atoms with Gasteiger partial charge in [0.05, 0.1) is 19.8 Å². The standard InChI is InChI=1S/C54H102NO7P/c1-3-5-7-9-11-13-15-17-19-21-23-24-25-26-27-28-29-31-33-35-37-39-41-43-45-47-54(56)62-53(52-61-63(57,58)60-50-48-55)51-59-49-46-44-42-40-38-36-34-32-30-22-20-18-16-14-12-10-8-6-4-2/h15,17,20-23,25-26,53H,3-14,16,18-19,24,27-52,55H2,1-2H3,(H,57,58)/b17-15-,22-20-,23-21-,26-25-. The molecule has 0 saturated carbocycles. The largest absolute Gasteiger partial charge is 0.472 e. The Labute approximate surface area is 390 Å². The summed E-state index contributed by atoms with van der Waals surface area (Å²) in [6.45, 7) is 4.93. The molecule has 8 nitrogen and oxygen atoms in total. The number of carbonyl (C=O) groups excluding carboxylic acids is 1. The van der Waals surface area contributed by atoms with Crippen LogP contribution in [0.5, 0.6) is 0 Å². The zero-order valence-corrected chi connectivity index (χ0v) is 42.2. The summed E-state index contributed by atoms with van der Waals surface area (Å²) < 4.78 is 33.6. The fourth-order valence-electron chi connectivity index (χ4n) is 7.53. The minimum Gasteiger partial charge on any atom is -0.457 e. The van der Waals surface area contributed by atoms with Crippen molar-refractivity contribution in [3.63, 3.8) is 0 Å². The van der Waals surface area contributed by atoms with Gasteiger partial charge < -0.3 is 20.1 Å². The molecule has 3 N–H and O–H groups in total. The average molecular weight is 908 g/mol. The predicted octanol–water partition coefficient (Wildman–Crippen LogP) is 16.7. The molecule has 0 aromatic rings. The summed E-state index contributed by atoms with van der Waals surface area (Å²) in [7, 11) is -4.29. The predicted molar refractivity (Wildman–Crippen MR) is 270 cm³/mol. The third-order valence-corrected chi connectivity index (χ3v) is 12.5. The molecule has 0 saturated heterocycles. The minimum atomic E-state index is -4.29. The summed E-state index contributed by atoms with van der Waals surface area (Å²) in [5, 5.41) is 0. The molecule has 2 atom stereocenters. The second-order valence-corrected chi connectivity index (χ2v) is 19.2. The monoisotopic (exact) mass is 908 g/mol. The molecule has 9 heteroatoms. The number of nitrogens with two attached hydrogens (primary N) is 1. The van der Waals surface area contributed by atoms with Crippen LogP contribution in [0.4, 0.5) is 0 Å². The normalized spacial score (nSPS) is 13.7. The second kappa shape index (κ2) is 51.4. The van der Waals surface area contributed by atoms with Crippen LogP contribution < -0.4 is 5.73 Å². The van der Waals surface area contributed by atoms with Gasteiger partial charge in [-0.15, -0.1) is 0 Å². The first-order valence-electron chi connectivity index (χ1n) is 26.6. The quantitative estimate of drug-likeness (QED) is 0.0268. The van der Waals surface area contributed by atoms with Gasteiger partial charge in [0.15, 0.2) is 0 Å². The van der Waals surface area contributed by atoms with Crippen molar-refractivity contribution in [2.75, 3.05) is 33.0 Å². The number of hydrogen-bond acceptors (Lipinski definition) is 7. The Bertz CT molecular complexity index is 1110. The number of esters is 1. The highest BCUT2D eigenvalue weighted by molar-refractivity contribution is 7.47. The van der Waals surface area contributed by atoms with Crippen LogP contribution in [0.3, 0.4) is 0 Å². The second-order valence-electron chi connectivity index (χ2n) is 17.7. The number of hydrogen-bond donors (Lipinski definition) is 2. The van der Waals surface area contributed by atoms with Gasteiger partial charge in [-0.1, -0.05) is 217 Å². The van der Waals surface area contributed by atoms with Crippen LogP contribution >= 0.6 is 7.82 Å². The molecule has 0 aliphatic rings. The zero-order valence-electron chi connectivity index (χ0n) is 41.3.